The topological polar surface area (TPSA) is 21.3 Å². The standard InChI is InChI=1S/C16H20BrNOS/c1-11(2)18-9-13-5-6-14(20-13)10-19-16-7-4-12(3)8-15(16)17/h4-8,11,18H,9-10H2,1-3H3. The second-order valence-electron chi connectivity index (χ2n) is 5.13. The lowest BCUT2D eigenvalue weighted by atomic mass is 10.2. The molecular formula is C16H20BrNOS. The van der Waals surface area contributed by atoms with Gasteiger partial charge in [-0.1, -0.05) is 19.9 Å². The van der Waals surface area contributed by atoms with Gasteiger partial charge in [0.1, 0.15) is 12.4 Å². The predicted octanol–water partition coefficient (Wildman–Crippen LogP) is 4.90. The van der Waals surface area contributed by atoms with Crippen LogP contribution in [-0.4, -0.2) is 6.04 Å². The van der Waals surface area contributed by atoms with Crippen LogP contribution in [0.1, 0.15) is 29.2 Å². The summed E-state index contributed by atoms with van der Waals surface area (Å²) in [5, 5.41) is 3.43. The summed E-state index contributed by atoms with van der Waals surface area (Å²) in [5.41, 5.74) is 1.22. The van der Waals surface area contributed by atoms with Crippen LogP contribution in [0.4, 0.5) is 0 Å². The molecule has 0 fully saturated rings. The molecule has 0 aliphatic rings. The maximum absolute atomic E-state index is 5.86. The van der Waals surface area contributed by atoms with Crippen LogP contribution in [0.5, 0.6) is 5.75 Å². The molecule has 20 heavy (non-hydrogen) atoms. The Morgan fingerprint density at radius 3 is 2.65 bits per heavy atom. The number of ether oxygens (including phenoxy) is 1. The van der Waals surface area contributed by atoms with Gasteiger partial charge < -0.3 is 10.1 Å². The number of rotatable bonds is 6. The number of hydrogen-bond donors (Lipinski definition) is 1. The summed E-state index contributed by atoms with van der Waals surface area (Å²) < 4.78 is 6.87. The van der Waals surface area contributed by atoms with Crippen LogP contribution < -0.4 is 10.1 Å². The molecule has 1 aromatic heterocycles. The first-order valence-corrected chi connectivity index (χ1v) is 8.35. The van der Waals surface area contributed by atoms with Crippen molar-refractivity contribution >= 4 is 27.3 Å². The average Bonchev–Trinajstić information content (AvgIpc) is 2.83. The molecule has 0 unspecified atom stereocenters. The van der Waals surface area contributed by atoms with Crippen molar-refractivity contribution in [1.29, 1.82) is 0 Å². The minimum atomic E-state index is 0.514. The molecular weight excluding hydrogens is 334 g/mol. The fourth-order valence-electron chi connectivity index (χ4n) is 1.77. The van der Waals surface area contributed by atoms with Gasteiger partial charge in [-0.3, -0.25) is 0 Å². The van der Waals surface area contributed by atoms with Crippen LogP contribution in [0.15, 0.2) is 34.8 Å². The molecule has 0 atom stereocenters. The lowest BCUT2D eigenvalue weighted by molar-refractivity contribution is 0.308. The van der Waals surface area contributed by atoms with Crippen molar-refractivity contribution in [2.45, 2.75) is 40.0 Å². The van der Waals surface area contributed by atoms with E-state index in [-0.39, 0.29) is 0 Å². The lowest BCUT2D eigenvalue weighted by Gasteiger charge is -2.07. The Labute approximate surface area is 133 Å². The SMILES string of the molecule is Cc1ccc(OCc2ccc(CNC(C)C)s2)c(Br)c1. The molecule has 0 spiro atoms. The molecule has 4 heteroatoms. The normalized spacial score (nSPS) is 11.1. The summed E-state index contributed by atoms with van der Waals surface area (Å²) in [6, 6.07) is 11.0. The fraction of sp³-hybridized carbons (Fsp3) is 0.375. The number of halogens is 1. The van der Waals surface area contributed by atoms with Crippen molar-refractivity contribution in [3.05, 3.63) is 50.1 Å². The fourth-order valence-corrected chi connectivity index (χ4v) is 3.26. The maximum Gasteiger partial charge on any atom is 0.134 e. The van der Waals surface area contributed by atoms with E-state index in [2.05, 4.69) is 66.3 Å². The molecule has 0 aliphatic carbocycles. The highest BCUT2D eigenvalue weighted by Gasteiger charge is 2.04. The summed E-state index contributed by atoms with van der Waals surface area (Å²) in [6.07, 6.45) is 0. The Hall–Kier alpha value is -0.840. The van der Waals surface area contributed by atoms with Crippen molar-refractivity contribution in [3.8, 4) is 5.75 Å². The summed E-state index contributed by atoms with van der Waals surface area (Å²) in [7, 11) is 0. The molecule has 0 radical (unpaired) electrons. The van der Waals surface area contributed by atoms with Crippen LogP contribution >= 0.6 is 27.3 Å². The van der Waals surface area contributed by atoms with Gasteiger partial charge >= 0.3 is 0 Å². The molecule has 2 nitrogen and oxygen atoms in total. The van der Waals surface area contributed by atoms with E-state index >= 15 is 0 Å². The van der Waals surface area contributed by atoms with Crippen molar-refractivity contribution in [2.75, 3.05) is 0 Å². The van der Waals surface area contributed by atoms with Gasteiger partial charge in [0.2, 0.25) is 0 Å². The first-order valence-electron chi connectivity index (χ1n) is 6.74. The van der Waals surface area contributed by atoms with Crippen LogP contribution in [0.2, 0.25) is 0 Å². The monoisotopic (exact) mass is 353 g/mol. The maximum atomic E-state index is 5.86. The van der Waals surface area contributed by atoms with Crippen LogP contribution in [-0.2, 0) is 13.2 Å². The van der Waals surface area contributed by atoms with Crippen LogP contribution in [0, 0.1) is 6.92 Å². The number of thiophene rings is 1. The van der Waals surface area contributed by atoms with Crippen molar-refractivity contribution in [2.24, 2.45) is 0 Å². The third-order valence-corrected chi connectivity index (χ3v) is 4.54. The molecule has 0 saturated carbocycles. The number of nitrogens with one attached hydrogen (secondary N) is 1. The largest absolute Gasteiger partial charge is 0.487 e. The van der Waals surface area contributed by atoms with E-state index in [0.717, 1.165) is 16.8 Å². The third kappa shape index (κ3) is 4.62. The molecule has 0 aliphatic heterocycles. The molecule has 1 N–H and O–H groups in total. The highest BCUT2D eigenvalue weighted by molar-refractivity contribution is 9.10. The number of hydrogen-bond acceptors (Lipinski definition) is 3. The van der Waals surface area contributed by atoms with Gasteiger partial charge in [0.05, 0.1) is 4.47 Å². The lowest BCUT2D eigenvalue weighted by Crippen LogP contribution is -2.21. The van der Waals surface area contributed by atoms with Gasteiger partial charge in [-0.15, -0.1) is 11.3 Å². The number of aryl methyl sites for hydroxylation is 1. The molecule has 0 amide bonds. The molecule has 1 heterocycles. The van der Waals surface area contributed by atoms with E-state index in [9.17, 15) is 0 Å². The zero-order valence-electron chi connectivity index (χ0n) is 12.1. The van der Waals surface area contributed by atoms with Crippen molar-refractivity contribution < 1.29 is 4.74 Å². The minimum Gasteiger partial charge on any atom is -0.487 e. The van der Waals surface area contributed by atoms with Crippen LogP contribution in [0.25, 0.3) is 0 Å². The first-order chi connectivity index (χ1) is 9.54. The van der Waals surface area contributed by atoms with E-state index in [1.807, 2.05) is 6.07 Å². The van der Waals surface area contributed by atoms with Gasteiger partial charge in [-0.05, 0) is 52.7 Å². The Kier molecular flexibility index (Phi) is 5.64. The summed E-state index contributed by atoms with van der Waals surface area (Å²) in [5.74, 6) is 0.894. The third-order valence-electron chi connectivity index (χ3n) is 2.86. The zero-order chi connectivity index (χ0) is 14.5. The molecule has 1 aromatic carbocycles. The Balaban J connectivity index is 1.90. The van der Waals surface area contributed by atoms with Gasteiger partial charge in [-0.2, -0.15) is 0 Å². The van der Waals surface area contributed by atoms with Gasteiger partial charge in [-0.25, -0.2) is 0 Å². The molecule has 0 saturated heterocycles. The quantitative estimate of drug-likeness (QED) is 0.797. The number of benzene rings is 1. The van der Waals surface area contributed by atoms with Crippen molar-refractivity contribution in [1.82, 2.24) is 5.32 Å². The Morgan fingerprint density at radius 1 is 1.20 bits per heavy atom. The average molecular weight is 354 g/mol. The van der Waals surface area contributed by atoms with E-state index in [1.54, 1.807) is 11.3 Å². The van der Waals surface area contributed by atoms with Gasteiger partial charge in [0, 0.05) is 22.3 Å². The van der Waals surface area contributed by atoms with Crippen LogP contribution in [0.3, 0.4) is 0 Å². The summed E-state index contributed by atoms with van der Waals surface area (Å²) >= 11 is 5.34. The Morgan fingerprint density at radius 2 is 1.95 bits per heavy atom. The summed E-state index contributed by atoms with van der Waals surface area (Å²) in [6.45, 7) is 7.94. The molecule has 2 aromatic rings. The Bertz CT molecular complexity index is 565. The van der Waals surface area contributed by atoms with E-state index < -0.39 is 0 Å². The molecule has 0 bridgehead atoms. The smallest absolute Gasteiger partial charge is 0.134 e. The predicted molar refractivity (Wildman–Crippen MR) is 89.5 cm³/mol. The van der Waals surface area contributed by atoms with Crippen molar-refractivity contribution in [3.63, 3.8) is 0 Å². The van der Waals surface area contributed by atoms with E-state index in [4.69, 9.17) is 4.74 Å². The molecule has 2 rings (SSSR count). The zero-order valence-corrected chi connectivity index (χ0v) is 14.5. The van der Waals surface area contributed by atoms with Gasteiger partial charge in [0.15, 0.2) is 0 Å². The first kappa shape index (κ1) is 15.5. The molecule has 108 valence electrons. The second kappa shape index (κ2) is 7.25. The van der Waals surface area contributed by atoms with E-state index in [0.29, 0.717) is 12.6 Å². The highest BCUT2D eigenvalue weighted by Crippen LogP contribution is 2.27. The summed E-state index contributed by atoms with van der Waals surface area (Å²) in [4.78, 5) is 2.60. The highest BCUT2D eigenvalue weighted by atomic mass is 79.9. The van der Waals surface area contributed by atoms with Gasteiger partial charge in [0.25, 0.3) is 0 Å². The minimum absolute atomic E-state index is 0.514. The van der Waals surface area contributed by atoms with E-state index in [1.165, 1.54) is 15.3 Å². The second-order valence-corrected chi connectivity index (χ2v) is 7.23.